The Balaban J connectivity index is 0.00000132. The van der Waals surface area contributed by atoms with Gasteiger partial charge >= 0.3 is 0 Å². The SMILES string of the molecule is [Y].[c-]1cc2ncccc2cc1-c1[c-]cc2cccnc2c1. The molecule has 0 spiro atoms. The summed E-state index contributed by atoms with van der Waals surface area (Å²) in [5.41, 5.74) is 3.94. The van der Waals surface area contributed by atoms with Crippen LogP contribution in [0.4, 0.5) is 0 Å². The van der Waals surface area contributed by atoms with E-state index < -0.39 is 0 Å². The van der Waals surface area contributed by atoms with Crippen molar-refractivity contribution in [1.82, 2.24) is 9.97 Å². The molecule has 4 rings (SSSR count). The molecule has 0 saturated carbocycles. The zero-order chi connectivity index (χ0) is 13.4. The van der Waals surface area contributed by atoms with E-state index >= 15 is 0 Å². The average Bonchev–Trinajstić information content (AvgIpc) is 2.54. The Kier molecular flexibility index (Phi) is 4.09. The average molecular weight is 343 g/mol. The monoisotopic (exact) mass is 343 g/mol. The summed E-state index contributed by atoms with van der Waals surface area (Å²) in [5, 5.41) is 2.20. The Morgan fingerprint density at radius 3 is 2.24 bits per heavy atom. The van der Waals surface area contributed by atoms with Crippen LogP contribution in [0.15, 0.2) is 60.9 Å². The van der Waals surface area contributed by atoms with Crippen LogP contribution in [0, 0.1) is 12.1 Å². The van der Waals surface area contributed by atoms with Crippen LogP contribution in [-0.4, -0.2) is 9.97 Å². The van der Waals surface area contributed by atoms with Gasteiger partial charge in [0.25, 0.3) is 0 Å². The fraction of sp³-hybridized carbons (Fsp3) is 0. The second-order valence-corrected chi connectivity index (χ2v) is 4.65. The van der Waals surface area contributed by atoms with Crippen LogP contribution in [-0.2, 0) is 32.7 Å². The van der Waals surface area contributed by atoms with E-state index in [9.17, 15) is 0 Å². The first kappa shape index (κ1) is 14.3. The molecular weight excluding hydrogens is 333 g/mol. The summed E-state index contributed by atoms with van der Waals surface area (Å²) in [7, 11) is 0. The standard InChI is InChI=1S/C18H10N2.Y/c1-3-13-5-6-15(12-18(13)20-10-1)14-7-8-17-16(11-14)4-2-9-19-17;/h1-5,8-12H;/q-2;. The molecule has 0 atom stereocenters. The Morgan fingerprint density at radius 2 is 1.38 bits per heavy atom. The molecule has 2 aromatic carbocycles. The quantitative estimate of drug-likeness (QED) is 0.488. The second-order valence-electron chi connectivity index (χ2n) is 4.65. The normalized spacial score (nSPS) is 10.5. The van der Waals surface area contributed by atoms with Crippen molar-refractivity contribution in [2.24, 2.45) is 0 Å². The van der Waals surface area contributed by atoms with Crippen molar-refractivity contribution in [1.29, 1.82) is 0 Å². The molecule has 97 valence electrons. The Morgan fingerprint density at radius 1 is 0.714 bits per heavy atom. The van der Waals surface area contributed by atoms with Crippen LogP contribution in [0.2, 0.25) is 0 Å². The first-order chi connectivity index (χ1) is 9.90. The van der Waals surface area contributed by atoms with Crippen LogP contribution in [0.5, 0.6) is 0 Å². The van der Waals surface area contributed by atoms with Gasteiger partial charge in [0.05, 0.1) is 0 Å². The number of fused-ring (bicyclic) bond motifs is 2. The van der Waals surface area contributed by atoms with Crippen molar-refractivity contribution in [2.75, 3.05) is 0 Å². The molecule has 0 fully saturated rings. The Hall–Kier alpha value is -1.64. The topological polar surface area (TPSA) is 25.8 Å². The molecule has 2 aromatic heterocycles. The maximum Gasteiger partial charge on any atom is 0.0247 e. The predicted octanol–water partition coefficient (Wildman–Crippen LogP) is 4.05. The molecule has 2 heterocycles. The molecule has 4 aromatic rings. The number of nitrogens with zero attached hydrogens (tertiary/aromatic N) is 2. The number of hydrogen-bond acceptors (Lipinski definition) is 2. The summed E-state index contributed by atoms with van der Waals surface area (Å²) in [6.07, 6.45) is 3.60. The molecule has 0 aliphatic rings. The van der Waals surface area contributed by atoms with Gasteiger partial charge < -0.3 is 4.98 Å². The number of hydrogen-bond donors (Lipinski definition) is 0. The summed E-state index contributed by atoms with van der Waals surface area (Å²) in [4.78, 5) is 8.70. The molecule has 0 amide bonds. The number of aromatic nitrogens is 2. The van der Waals surface area contributed by atoms with E-state index in [1.807, 2.05) is 36.4 Å². The maximum atomic E-state index is 4.38. The van der Waals surface area contributed by atoms with Gasteiger partial charge in [-0.25, -0.2) is 11.1 Å². The van der Waals surface area contributed by atoms with Crippen LogP contribution < -0.4 is 0 Å². The van der Waals surface area contributed by atoms with Crippen LogP contribution in [0.3, 0.4) is 0 Å². The minimum atomic E-state index is 0. The summed E-state index contributed by atoms with van der Waals surface area (Å²) in [5.74, 6) is 0. The van der Waals surface area contributed by atoms with Gasteiger partial charge in [-0.2, -0.15) is 24.3 Å². The maximum absolute atomic E-state index is 4.38. The van der Waals surface area contributed by atoms with Gasteiger partial charge in [0, 0.05) is 45.1 Å². The summed E-state index contributed by atoms with van der Waals surface area (Å²) in [6.45, 7) is 0. The number of pyridine rings is 2. The molecule has 0 bridgehead atoms. The third-order valence-electron chi connectivity index (χ3n) is 3.36. The minimum absolute atomic E-state index is 0. The zero-order valence-electron chi connectivity index (χ0n) is 11.2. The van der Waals surface area contributed by atoms with Crippen molar-refractivity contribution in [3.05, 3.63) is 73.1 Å². The molecule has 1 radical (unpaired) electrons. The molecule has 0 aliphatic carbocycles. The van der Waals surface area contributed by atoms with Gasteiger partial charge in [-0.3, -0.25) is 4.98 Å². The van der Waals surface area contributed by atoms with Crippen molar-refractivity contribution < 1.29 is 32.7 Å². The molecule has 21 heavy (non-hydrogen) atoms. The van der Waals surface area contributed by atoms with Gasteiger partial charge in [0.2, 0.25) is 0 Å². The van der Waals surface area contributed by atoms with Gasteiger partial charge in [-0.1, -0.05) is 29.0 Å². The van der Waals surface area contributed by atoms with Gasteiger partial charge in [-0.05, 0) is 17.1 Å². The second kappa shape index (κ2) is 6.01. The third-order valence-corrected chi connectivity index (χ3v) is 3.36. The van der Waals surface area contributed by atoms with E-state index in [1.54, 1.807) is 12.4 Å². The molecule has 0 N–H and O–H groups in total. The van der Waals surface area contributed by atoms with E-state index in [-0.39, 0.29) is 32.7 Å². The Bertz CT molecular complexity index is 841. The molecule has 3 heteroatoms. The zero-order valence-corrected chi connectivity index (χ0v) is 14.1. The number of benzene rings is 2. The molecule has 0 unspecified atom stereocenters. The van der Waals surface area contributed by atoms with Gasteiger partial charge in [0.1, 0.15) is 0 Å². The van der Waals surface area contributed by atoms with Crippen LogP contribution in [0.25, 0.3) is 32.9 Å². The van der Waals surface area contributed by atoms with E-state index in [4.69, 9.17) is 0 Å². The predicted molar refractivity (Wildman–Crippen MR) is 80.2 cm³/mol. The summed E-state index contributed by atoms with van der Waals surface area (Å²) in [6, 6.07) is 22.6. The summed E-state index contributed by atoms with van der Waals surface area (Å²) < 4.78 is 0. The van der Waals surface area contributed by atoms with Crippen LogP contribution >= 0.6 is 0 Å². The fourth-order valence-corrected chi connectivity index (χ4v) is 2.33. The van der Waals surface area contributed by atoms with E-state index in [1.165, 1.54) is 0 Å². The molecule has 0 saturated heterocycles. The van der Waals surface area contributed by atoms with Crippen molar-refractivity contribution in [3.63, 3.8) is 0 Å². The number of rotatable bonds is 1. The fourth-order valence-electron chi connectivity index (χ4n) is 2.33. The Labute approximate surface area is 148 Å². The van der Waals surface area contributed by atoms with Crippen molar-refractivity contribution in [2.45, 2.75) is 0 Å². The first-order valence-electron chi connectivity index (χ1n) is 6.43. The largest absolute Gasteiger partial charge is 0.305 e. The van der Waals surface area contributed by atoms with E-state index in [2.05, 4.69) is 34.2 Å². The molecule has 0 aliphatic heterocycles. The van der Waals surface area contributed by atoms with Gasteiger partial charge in [-0.15, -0.1) is 12.1 Å². The van der Waals surface area contributed by atoms with Crippen molar-refractivity contribution >= 4 is 21.8 Å². The van der Waals surface area contributed by atoms with Crippen molar-refractivity contribution in [3.8, 4) is 11.1 Å². The first-order valence-corrected chi connectivity index (χ1v) is 6.43. The summed E-state index contributed by atoms with van der Waals surface area (Å²) >= 11 is 0. The van der Waals surface area contributed by atoms with E-state index in [0.717, 1.165) is 32.9 Å². The van der Waals surface area contributed by atoms with Crippen LogP contribution in [0.1, 0.15) is 0 Å². The smallest absolute Gasteiger partial charge is 0.0247 e. The van der Waals surface area contributed by atoms with E-state index in [0.29, 0.717) is 0 Å². The minimum Gasteiger partial charge on any atom is -0.305 e. The molecular formula is C18H10N2Y-2. The third kappa shape index (κ3) is 2.74. The van der Waals surface area contributed by atoms with Gasteiger partial charge in [0.15, 0.2) is 0 Å². The molecule has 2 nitrogen and oxygen atoms in total.